The minimum atomic E-state index is -1.28. The van der Waals surface area contributed by atoms with E-state index in [0.29, 0.717) is 71.1 Å². The summed E-state index contributed by atoms with van der Waals surface area (Å²) in [4.78, 5) is 91.4. The van der Waals surface area contributed by atoms with Gasteiger partial charge in [0.05, 0.1) is 49.3 Å². The van der Waals surface area contributed by atoms with E-state index in [2.05, 4.69) is 103 Å². The van der Waals surface area contributed by atoms with Crippen molar-refractivity contribution in [3.05, 3.63) is 280 Å². The quantitative estimate of drug-likeness (QED) is 0.0160. The normalized spacial score (nSPS) is 9.66. The Labute approximate surface area is 787 Å². The molecule has 10 aromatic rings. The molecule has 532 valence electrons. The fraction of sp³-hybridized carbons (Fsp3) is 0.184. The number of rotatable bonds is 18. The first-order valence-electron chi connectivity index (χ1n) is 30.0. The van der Waals surface area contributed by atoms with Crippen molar-refractivity contribution in [2.24, 2.45) is 34.1 Å². The van der Waals surface area contributed by atoms with Gasteiger partial charge in [-0.25, -0.2) is 25.2 Å². The molecule has 4 aromatic heterocycles. The number of benzene rings is 6. The topological polar surface area (TPSA) is 295 Å². The number of carboxylic acid groups (broad SMARTS) is 1. The van der Waals surface area contributed by atoms with E-state index in [1.165, 1.54) is 15.4 Å². The molecule has 10 rings (SSSR count). The minimum absolute atomic E-state index is 0. The van der Waals surface area contributed by atoms with E-state index in [1.54, 1.807) is 108 Å². The van der Waals surface area contributed by atoms with Crippen molar-refractivity contribution in [3.8, 4) is 45.0 Å². The van der Waals surface area contributed by atoms with Gasteiger partial charge >= 0.3 is 47.5 Å². The smallest absolute Gasteiger partial charge is 0.870 e. The average molecular weight is 1880 g/mol. The second-order valence-electron chi connectivity index (χ2n) is 20.0. The summed E-state index contributed by atoms with van der Waals surface area (Å²) in [5.41, 5.74) is 10.0. The van der Waals surface area contributed by atoms with Gasteiger partial charge in [-0.05, 0) is 50.5 Å². The van der Waals surface area contributed by atoms with E-state index >= 15 is 0 Å². The molecule has 0 aliphatic rings. The Hall–Kier alpha value is -4.42. The number of ketones is 3. The molecule has 0 aliphatic carbocycles. The third-order valence-electron chi connectivity index (χ3n) is 13.4. The van der Waals surface area contributed by atoms with Gasteiger partial charge in [-0.2, -0.15) is 34.1 Å². The van der Waals surface area contributed by atoms with Crippen LogP contribution in [0.3, 0.4) is 0 Å². The van der Waals surface area contributed by atoms with Crippen molar-refractivity contribution >= 4 is 47.2 Å². The molecule has 1 unspecified atom stereocenters. The zero-order valence-corrected chi connectivity index (χ0v) is 79.1. The van der Waals surface area contributed by atoms with Crippen molar-refractivity contribution in [3.63, 3.8) is 0 Å². The zero-order valence-electron chi connectivity index (χ0n) is 60.0. The zero-order chi connectivity index (χ0) is 71.3. The van der Waals surface area contributed by atoms with Crippen LogP contribution in [0.2, 0.25) is 0 Å². The van der Waals surface area contributed by atoms with Crippen LogP contribution >= 0.6 is 0 Å². The van der Waals surface area contributed by atoms with Crippen LogP contribution in [0.15, 0.2) is 146 Å². The molecule has 105 heavy (non-hydrogen) atoms. The van der Waals surface area contributed by atoms with Crippen molar-refractivity contribution in [2.75, 3.05) is 26.4 Å². The molecule has 22 nitrogen and oxygen atoms in total. The Morgan fingerprint density at radius 2 is 0.762 bits per heavy atom. The second kappa shape index (κ2) is 55.9. The Balaban J connectivity index is -0.000000578. The molecule has 29 heteroatoms. The first-order valence-corrected chi connectivity index (χ1v) is 30.0. The van der Waals surface area contributed by atoms with E-state index in [4.69, 9.17) is 19.3 Å². The molecule has 0 bridgehead atoms. The third-order valence-corrected chi connectivity index (χ3v) is 13.4. The summed E-state index contributed by atoms with van der Waals surface area (Å²) in [7, 11) is 6.94. The predicted octanol–water partition coefficient (Wildman–Crippen LogP) is 8.46. The van der Waals surface area contributed by atoms with Crippen LogP contribution in [0.4, 0.5) is 0 Å². The van der Waals surface area contributed by atoms with E-state index < -0.39 is 47.3 Å². The van der Waals surface area contributed by atoms with Gasteiger partial charge in [-0.3, -0.25) is 24.0 Å². The van der Waals surface area contributed by atoms with Crippen LogP contribution < -0.4 is 29.6 Å². The molecule has 6 radical (unpaired) electrons. The van der Waals surface area contributed by atoms with Crippen molar-refractivity contribution in [1.29, 1.82) is 0 Å². The monoisotopic (exact) mass is 1880 g/mol. The number of nitrogens with zero attached hydrogens (tertiary/aromatic N) is 8. The van der Waals surface area contributed by atoms with Gasteiger partial charge in [0.2, 0.25) is 5.78 Å². The van der Waals surface area contributed by atoms with Gasteiger partial charge in [-0.15, -0.1) is 238 Å². The number of hydrogen-bond acceptors (Lipinski definition) is 17. The number of aryl methyl sites for hydroxylation is 4. The molecule has 0 fully saturated rings. The van der Waals surface area contributed by atoms with Crippen LogP contribution in [-0.2, 0) is 253 Å². The molecule has 0 spiro atoms. The van der Waals surface area contributed by atoms with Gasteiger partial charge < -0.3 is 71.7 Å². The molecule has 0 aliphatic heterocycles. The first kappa shape index (κ1) is 107. The van der Waals surface area contributed by atoms with Gasteiger partial charge in [0.25, 0.3) is 11.9 Å². The number of hydrogen-bond donors (Lipinski definition) is 1. The fourth-order valence-corrected chi connectivity index (χ4v) is 8.91. The maximum absolute atomic E-state index is 11.8. The van der Waals surface area contributed by atoms with Gasteiger partial charge in [-0.1, -0.05) is 5.92 Å². The van der Waals surface area contributed by atoms with Crippen molar-refractivity contribution in [1.82, 2.24) is 39.1 Å². The Morgan fingerprint density at radius 3 is 1.08 bits per heavy atom. The first-order chi connectivity index (χ1) is 46.5. The molecular formula is C76H73N8NaO14Y6-12. The van der Waals surface area contributed by atoms with E-state index in [1.807, 2.05) is 97.1 Å². The molecular weight excluding hydrogens is 1810 g/mol. The largest absolute Gasteiger partial charge is 1.00 e. The number of ether oxygens (including phenoxy) is 4. The molecule has 6 aromatic carbocycles. The number of aromatic nitrogens is 8. The maximum Gasteiger partial charge on any atom is 1.00 e. The Kier molecular flexibility index (Phi) is 56.9. The number of carbonyl (C=O) groups is 8. The predicted molar refractivity (Wildman–Crippen MR) is 364 cm³/mol. The number of carbonyl (C=O) groups excluding carboxylic acids is 7. The van der Waals surface area contributed by atoms with Crippen LogP contribution in [-0.4, -0.2) is 123 Å². The van der Waals surface area contributed by atoms with Crippen LogP contribution in [0.25, 0.3) is 45.0 Å². The van der Waals surface area contributed by atoms with Gasteiger partial charge in [0, 0.05) is 236 Å². The number of Topliss-reactive ketones (excluding diaryl/α,β-unsaturated/α-hetero) is 3. The third kappa shape index (κ3) is 31.5. The van der Waals surface area contributed by atoms with Crippen LogP contribution in [0, 0.1) is 83.9 Å². The Morgan fingerprint density at radius 1 is 0.438 bits per heavy atom. The van der Waals surface area contributed by atoms with E-state index in [0.717, 1.165) is 33.6 Å². The van der Waals surface area contributed by atoms with E-state index in [-0.39, 0.29) is 266 Å². The second-order valence-corrected chi connectivity index (χ2v) is 20.0. The van der Waals surface area contributed by atoms with Crippen LogP contribution in [0.1, 0.15) is 119 Å². The van der Waals surface area contributed by atoms with Crippen LogP contribution in [0.5, 0.6) is 0 Å². The van der Waals surface area contributed by atoms with Gasteiger partial charge in [0.1, 0.15) is 0 Å². The summed E-state index contributed by atoms with van der Waals surface area (Å²) in [5, 5.41) is 25.5. The minimum Gasteiger partial charge on any atom is -0.870 e. The number of carboxylic acids is 1. The molecule has 1 atom stereocenters. The summed E-state index contributed by atoms with van der Waals surface area (Å²) < 4.78 is 25.7. The number of esters is 4. The molecule has 0 amide bonds. The summed E-state index contributed by atoms with van der Waals surface area (Å²) in [6, 6.07) is 61.1. The van der Waals surface area contributed by atoms with Crippen molar-refractivity contribution in [2.45, 2.75) is 34.1 Å². The summed E-state index contributed by atoms with van der Waals surface area (Å²) >= 11 is 0. The summed E-state index contributed by atoms with van der Waals surface area (Å²) in [5.74, 6) is -6.11. The van der Waals surface area contributed by atoms with Gasteiger partial charge in [0.15, 0.2) is 0 Å². The summed E-state index contributed by atoms with van der Waals surface area (Å²) in [6.45, 7) is 30.3. The van der Waals surface area contributed by atoms with E-state index in [9.17, 15) is 38.4 Å². The average Bonchev–Trinajstić information content (AvgIpc) is 1.69. The fourth-order valence-electron chi connectivity index (χ4n) is 8.91. The number of aromatic carboxylic acids is 1. The Bertz CT molecular complexity index is 4180. The standard InChI is InChI=1S/3C14H14N2O2.C13H12O4.C12H10N2O2.C9H8O.Na.H2O.6Y/c2*1-4-18-14(17)12-10(2)13(16(3)15-12)11-8-6-5-7-9-11;1-4-18-14(17)13-10(2)12(15-16(13)3)11-8-6-5-7-9-11;1-3-17-13(16)12(15)9(2)11(14)10-7-5-4-6-8-10;1-8-10(12(15)16)13-14(2)11(8)9-6-4-3-5-7-9;1-2-9(10)8-6-4-3-5-7-8;;;;;;;;/h3*5-8H,2,4H2,1,3H3;4-7,9H,2-3H2,1H3;3-6H,1H2,2H3,(H,15,16);3-6H,1-2H2;;1H2;;;;;;/q6*-2;+1;;;;;;;/p-1. The molecule has 0 saturated carbocycles. The summed E-state index contributed by atoms with van der Waals surface area (Å²) in [6.07, 6.45) is 0.306. The maximum atomic E-state index is 11.8. The molecule has 2 N–H and O–H groups in total. The molecule has 4 heterocycles. The SMILES string of the molecule is [CH2-]C(C(=O)C(=O)OCC)C(=O)c1[c-]cccc1.[CH2-]CC(=O)c1[c-]cccc1.[CH2-]c1c(-c2[c-]cccc2)nn(C)c1C(=O)OCC.[CH2-]c1c(C(=O)O)nn(C)c1-c1[c-]cccc1.[CH2-]c1c(C(=O)OCC)nn(C)c1-c1[c-]cccc1.[CH2-]c1c(C(=O)OCC)nn(C)c1-c1[c-]cccc1.[Na+].[OH-].[Y].[Y].[Y].[Y].[Y].[Y]. The van der Waals surface area contributed by atoms with Crippen molar-refractivity contribution < 1.29 is 294 Å². The molecule has 0 saturated heterocycles.